The molecule has 68 heavy (non-hydrogen) atoms. The Balaban J connectivity index is 1.10. The van der Waals surface area contributed by atoms with Crippen LogP contribution in [0.2, 0.25) is 0 Å². The minimum Gasteiger partial charge on any atom is -0.307 e. The monoisotopic (exact) mass is 867 g/mol. The molecule has 0 amide bonds. The van der Waals surface area contributed by atoms with E-state index in [2.05, 4.69) is 234 Å². The van der Waals surface area contributed by atoms with Crippen molar-refractivity contribution in [3.63, 3.8) is 0 Å². The Bertz CT molecular complexity index is 3990. The molecule has 0 atom stereocenters. The molecule has 0 radical (unpaired) electrons. The number of rotatable bonds is 8. The van der Waals surface area contributed by atoms with Gasteiger partial charge in [-0.3, -0.25) is 4.57 Å². The number of aromatic nitrogens is 5. The lowest BCUT2D eigenvalue weighted by Crippen LogP contribution is -2.07. The maximum atomic E-state index is 5.41. The number of para-hydroxylation sites is 2. The van der Waals surface area contributed by atoms with Crippen molar-refractivity contribution in [2.45, 2.75) is 0 Å². The van der Waals surface area contributed by atoms with E-state index in [1.54, 1.807) is 0 Å². The molecule has 3 aromatic heterocycles. The van der Waals surface area contributed by atoms with Crippen LogP contribution in [0.5, 0.6) is 0 Å². The summed E-state index contributed by atoms with van der Waals surface area (Å²) in [6.07, 6.45) is 0. The van der Waals surface area contributed by atoms with E-state index in [0.717, 1.165) is 88.4 Å². The molecule has 0 aliphatic rings. The Labute approximate surface area is 393 Å². The third-order valence-corrected chi connectivity index (χ3v) is 13.2. The molecule has 10 aromatic carbocycles. The van der Waals surface area contributed by atoms with E-state index in [4.69, 9.17) is 15.0 Å². The molecule has 0 saturated heterocycles. The molecular formula is C63H41N5. The summed E-state index contributed by atoms with van der Waals surface area (Å²) in [5.74, 6) is 1.76. The predicted octanol–water partition coefficient (Wildman–Crippen LogP) is 16.1. The standard InChI is InChI=1S/C63H41N5/c1-5-18-42(19-6-1)45-32-34-47(35-33-45)62-64-61(46-24-11-4-12-25-46)65-63(66-62)68-58-31-16-14-29-54(58)56-37-36-55-53-28-13-15-30-57(53)67(59(55)60(56)68)52-40-50(44-22-9-3-10-23-44)39-51(41-52)49-27-17-26-48(38-49)43-20-7-2-8-21-43/h1-41H. The molecule has 0 fully saturated rings. The molecule has 5 heteroatoms. The molecule has 0 aliphatic carbocycles. The quantitative estimate of drug-likeness (QED) is 0.153. The van der Waals surface area contributed by atoms with Gasteiger partial charge in [-0.05, 0) is 80.9 Å². The van der Waals surface area contributed by atoms with Gasteiger partial charge in [-0.2, -0.15) is 9.97 Å². The maximum absolute atomic E-state index is 5.41. The first-order valence-electron chi connectivity index (χ1n) is 23.0. The summed E-state index contributed by atoms with van der Waals surface area (Å²) in [5.41, 5.74) is 16.3. The molecule has 0 N–H and O–H groups in total. The summed E-state index contributed by atoms with van der Waals surface area (Å²) >= 11 is 0. The van der Waals surface area contributed by atoms with Crippen molar-refractivity contribution in [1.29, 1.82) is 0 Å². The highest BCUT2D eigenvalue weighted by molar-refractivity contribution is 6.23. The Morgan fingerprint density at radius 2 is 0.603 bits per heavy atom. The van der Waals surface area contributed by atoms with Crippen LogP contribution in [-0.4, -0.2) is 24.1 Å². The van der Waals surface area contributed by atoms with E-state index in [1.807, 2.05) is 24.3 Å². The average molecular weight is 868 g/mol. The van der Waals surface area contributed by atoms with E-state index >= 15 is 0 Å². The van der Waals surface area contributed by atoms with Crippen molar-refractivity contribution in [2.75, 3.05) is 0 Å². The highest BCUT2D eigenvalue weighted by atomic mass is 15.2. The third-order valence-electron chi connectivity index (χ3n) is 13.2. The molecular weight excluding hydrogens is 827 g/mol. The minimum atomic E-state index is 0.549. The van der Waals surface area contributed by atoms with Crippen LogP contribution in [-0.2, 0) is 0 Å². The molecule has 0 spiro atoms. The smallest absolute Gasteiger partial charge is 0.238 e. The lowest BCUT2D eigenvalue weighted by molar-refractivity contribution is 0.953. The lowest BCUT2D eigenvalue weighted by atomic mass is 9.95. The molecule has 13 aromatic rings. The summed E-state index contributed by atoms with van der Waals surface area (Å²) in [6.45, 7) is 0. The fourth-order valence-electron chi connectivity index (χ4n) is 9.94. The second-order valence-electron chi connectivity index (χ2n) is 17.2. The van der Waals surface area contributed by atoms with E-state index in [1.165, 1.54) is 16.5 Å². The molecule has 13 rings (SSSR count). The first-order valence-corrected chi connectivity index (χ1v) is 23.0. The number of fused-ring (bicyclic) bond motifs is 7. The van der Waals surface area contributed by atoms with Crippen LogP contribution in [0.15, 0.2) is 249 Å². The summed E-state index contributed by atoms with van der Waals surface area (Å²) in [7, 11) is 0. The highest BCUT2D eigenvalue weighted by Gasteiger charge is 2.24. The van der Waals surface area contributed by atoms with Crippen molar-refractivity contribution in [3.8, 4) is 78.9 Å². The van der Waals surface area contributed by atoms with Crippen molar-refractivity contribution < 1.29 is 0 Å². The van der Waals surface area contributed by atoms with Gasteiger partial charge in [0, 0.05) is 38.4 Å². The van der Waals surface area contributed by atoms with Gasteiger partial charge in [-0.25, -0.2) is 4.98 Å². The van der Waals surface area contributed by atoms with Gasteiger partial charge in [0.1, 0.15) is 0 Å². The fourth-order valence-corrected chi connectivity index (χ4v) is 9.94. The molecule has 0 aliphatic heterocycles. The maximum Gasteiger partial charge on any atom is 0.238 e. The Kier molecular flexibility index (Phi) is 9.43. The van der Waals surface area contributed by atoms with E-state index in [-0.39, 0.29) is 0 Å². The van der Waals surface area contributed by atoms with Crippen molar-refractivity contribution >= 4 is 43.6 Å². The fraction of sp³-hybridized carbons (Fsp3) is 0. The van der Waals surface area contributed by atoms with Crippen LogP contribution in [0.3, 0.4) is 0 Å². The summed E-state index contributed by atoms with van der Waals surface area (Å²) in [6, 6.07) is 88.4. The van der Waals surface area contributed by atoms with E-state index in [0.29, 0.717) is 17.6 Å². The third kappa shape index (κ3) is 6.76. The van der Waals surface area contributed by atoms with Gasteiger partial charge in [-0.1, -0.05) is 212 Å². The van der Waals surface area contributed by atoms with Crippen LogP contribution >= 0.6 is 0 Å². The van der Waals surface area contributed by atoms with E-state index < -0.39 is 0 Å². The van der Waals surface area contributed by atoms with Gasteiger partial charge in [0.05, 0.1) is 22.1 Å². The minimum absolute atomic E-state index is 0.549. The van der Waals surface area contributed by atoms with Gasteiger partial charge in [0.2, 0.25) is 5.95 Å². The van der Waals surface area contributed by atoms with Crippen LogP contribution in [0, 0.1) is 0 Å². The first kappa shape index (κ1) is 39.2. The summed E-state index contributed by atoms with van der Waals surface area (Å²) in [5, 5.41) is 4.54. The SMILES string of the molecule is c1ccc(-c2ccc(-c3nc(-c4ccccc4)nc(-n4c5ccccc5c5ccc6c7ccccc7n(-c7cc(-c8ccccc8)cc(-c8cccc(-c9ccccc9)c8)c7)c6c54)n3)cc2)cc1. The lowest BCUT2D eigenvalue weighted by Gasteiger charge is -2.16. The first-order chi connectivity index (χ1) is 33.7. The van der Waals surface area contributed by atoms with Crippen LogP contribution in [0.1, 0.15) is 0 Å². The predicted molar refractivity (Wildman–Crippen MR) is 281 cm³/mol. The van der Waals surface area contributed by atoms with Crippen molar-refractivity contribution in [2.24, 2.45) is 0 Å². The van der Waals surface area contributed by atoms with Crippen molar-refractivity contribution in [3.05, 3.63) is 249 Å². The molecule has 318 valence electrons. The van der Waals surface area contributed by atoms with Gasteiger partial charge in [0.25, 0.3) is 0 Å². The Hall–Kier alpha value is -9.19. The molecule has 0 saturated carbocycles. The van der Waals surface area contributed by atoms with Gasteiger partial charge < -0.3 is 4.57 Å². The average Bonchev–Trinajstić information content (AvgIpc) is 3.95. The Morgan fingerprint density at radius 3 is 1.18 bits per heavy atom. The number of nitrogens with zero attached hydrogens (tertiary/aromatic N) is 5. The zero-order chi connectivity index (χ0) is 45.0. The second kappa shape index (κ2) is 16.4. The van der Waals surface area contributed by atoms with Crippen LogP contribution in [0.4, 0.5) is 0 Å². The number of hydrogen-bond donors (Lipinski definition) is 0. The van der Waals surface area contributed by atoms with Gasteiger partial charge in [-0.15, -0.1) is 0 Å². The molecule has 5 nitrogen and oxygen atoms in total. The van der Waals surface area contributed by atoms with Crippen molar-refractivity contribution in [1.82, 2.24) is 24.1 Å². The van der Waals surface area contributed by atoms with E-state index in [9.17, 15) is 0 Å². The van der Waals surface area contributed by atoms with Crippen LogP contribution in [0.25, 0.3) is 123 Å². The normalized spacial score (nSPS) is 11.5. The van der Waals surface area contributed by atoms with Gasteiger partial charge in [0.15, 0.2) is 11.6 Å². The zero-order valence-corrected chi connectivity index (χ0v) is 36.9. The zero-order valence-electron chi connectivity index (χ0n) is 36.9. The topological polar surface area (TPSA) is 48.5 Å². The summed E-state index contributed by atoms with van der Waals surface area (Å²) < 4.78 is 4.73. The molecule has 0 unspecified atom stereocenters. The van der Waals surface area contributed by atoms with Crippen LogP contribution < -0.4 is 0 Å². The number of benzene rings is 10. The second-order valence-corrected chi connectivity index (χ2v) is 17.2. The Morgan fingerprint density at radius 1 is 0.235 bits per heavy atom. The highest BCUT2D eigenvalue weighted by Crippen LogP contribution is 2.43. The number of hydrogen-bond acceptors (Lipinski definition) is 3. The van der Waals surface area contributed by atoms with Gasteiger partial charge >= 0.3 is 0 Å². The molecule has 3 heterocycles. The summed E-state index contributed by atoms with van der Waals surface area (Å²) in [4.78, 5) is 16.0. The molecule has 0 bridgehead atoms. The largest absolute Gasteiger partial charge is 0.307 e.